The molecule has 1 atom stereocenters. The standard InChI is InChI=1S/C15H18N4O3/c20-14(15-16-7-8-17-15)11-5-9-18(10-6-11)12-3-1-2-4-13(12)19(21)22/h1-4,7-8,11,14,20H,5-6,9-10H2,(H,16,17). The van der Waals surface area contributed by atoms with Gasteiger partial charge in [0.05, 0.1) is 4.92 Å². The number of benzene rings is 1. The Balaban J connectivity index is 1.68. The molecule has 1 saturated heterocycles. The Hall–Kier alpha value is -2.41. The first-order valence-electron chi connectivity index (χ1n) is 7.32. The van der Waals surface area contributed by atoms with Gasteiger partial charge in [-0.3, -0.25) is 10.1 Å². The van der Waals surface area contributed by atoms with Crippen molar-refractivity contribution in [2.75, 3.05) is 18.0 Å². The maximum absolute atomic E-state index is 11.1. The number of rotatable bonds is 4. The van der Waals surface area contributed by atoms with Gasteiger partial charge in [-0.15, -0.1) is 0 Å². The number of nitro benzene ring substituents is 1. The first-order chi connectivity index (χ1) is 10.7. The molecule has 1 aliphatic heterocycles. The van der Waals surface area contributed by atoms with Crippen LogP contribution in [0, 0.1) is 16.0 Å². The molecule has 7 heteroatoms. The number of nitrogens with one attached hydrogen (secondary N) is 1. The molecular weight excluding hydrogens is 284 g/mol. The van der Waals surface area contributed by atoms with Gasteiger partial charge in [-0.2, -0.15) is 0 Å². The highest BCUT2D eigenvalue weighted by molar-refractivity contribution is 5.63. The summed E-state index contributed by atoms with van der Waals surface area (Å²) < 4.78 is 0. The van der Waals surface area contributed by atoms with E-state index in [-0.39, 0.29) is 16.5 Å². The molecule has 7 nitrogen and oxygen atoms in total. The zero-order chi connectivity index (χ0) is 15.5. The summed E-state index contributed by atoms with van der Waals surface area (Å²) in [6, 6.07) is 6.79. The molecule has 1 aromatic heterocycles. The molecule has 2 N–H and O–H groups in total. The molecule has 1 aliphatic rings. The maximum atomic E-state index is 11.1. The van der Waals surface area contributed by atoms with E-state index in [2.05, 4.69) is 9.97 Å². The molecule has 0 aliphatic carbocycles. The molecule has 116 valence electrons. The van der Waals surface area contributed by atoms with Crippen molar-refractivity contribution < 1.29 is 10.0 Å². The highest BCUT2D eigenvalue weighted by atomic mass is 16.6. The third kappa shape index (κ3) is 2.80. The normalized spacial score (nSPS) is 17.4. The number of hydrogen-bond acceptors (Lipinski definition) is 5. The molecule has 0 bridgehead atoms. The average molecular weight is 302 g/mol. The summed E-state index contributed by atoms with van der Waals surface area (Å²) in [5.41, 5.74) is 0.783. The van der Waals surface area contributed by atoms with Gasteiger partial charge in [-0.1, -0.05) is 12.1 Å². The fraction of sp³-hybridized carbons (Fsp3) is 0.400. The van der Waals surface area contributed by atoms with Crippen LogP contribution >= 0.6 is 0 Å². The molecule has 1 aromatic carbocycles. The van der Waals surface area contributed by atoms with E-state index in [0.717, 1.165) is 12.8 Å². The van der Waals surface area contributed by atoms with Gasteiger partial charge in [0.25, 0.3) is 5.69 Å². The second-order valence-electron chi connectivity index (χ2n) is 5.49. The quantitative estimate of drug-likeness (QED) is 0.667. The van der Waals surface area contributed by atoms with E-state index in [1.807, 2.05) is 11.0 Å². The molecule has 2 heterocycles. The van der Waals surface area contributed by atoms with E-state index in [1.54, 1.807) is 24.5 Å². The zero-order valence-corrected chi connectivity index (χ0v) is 12.1. The largest absolute Gasteiger partial charge is 0.385 e. The van der Waals surface area contributed by atoms with Gasteiger partial charge in [0.2, 0.25) is 0 Å². The number of aliphatic hydroxyl groups is 1. The summed E-state index contributed by atoms with van der Waals surface area (Å²) in [7, 11) is 0. The van der Waals surface area contributed by atoms with E-state index in [4.69, 9.17) is 0 Å². The van der Waals surface area contributed by atoms with Crippen LogP contribution in [0.5, 0.6) is 0 Å². The lowest BCUT2D eigenvalue weighted by Gasteiger charge is -2.34. The maximum Gasteiger partial charge on any atom is 0.292 e. The summed E-state index contributed by atoms with van der Waals surface area (Å²) >= 11 is 0. The molecule has 1 unspecified atom stereocenters. The van der Waals surface area contributed by atoms with Gasteiger partial charge in [-0.05, 0) is 24.8 Å². The van der Waals surface area contributed by atoms with Gasteiger partial charge in [0.1, 0.15) is 17.6 Å². The van der Waals surface area contributed by atoms with E-state index < -0.39 is 6.10 Å². The van der Waals surface area contributed by atoms with Crippen molar-refractivity contribution in [1.29, 1.82) is 0 Å². The fourth-order valence-electron chi connectivity index (χ4n) is 3.00. The van der Waals surface area contributed by atoms with Crippen LogP contribution in [0.3, 0.4) is 0 Å². The van der Waals surface area contributed by atoms with Crippen LogP contribution in [0.25, 0.3) is 0 Å². The molecule has 3 rings (SSSR count). The summed E-state index contributed by atoms with van der Waals surface area (Å²) in [5, 5.41) is 21.4. The molecule has 2 aromatic rings. The second-order valence-corrected chi connectivity index (χ2v) is 5.49. The number of aromatic nitrogens is 2. The van der Waals surface area contributed by atoms with Crippen LogP contribution < -0.4 is 4.90 Å². The summed E-state index contributed by atoms with van der Waals surface area (Å²) in [5.74, 6) is 0.703. The van der Waals surface area contributed by atoms with Crippen LogP contribution in [0.15, 0.2) is 36.7 Å². The number of imidazole rings is 1. The van der Waals surface area contributed by atoms with Gasteiger partial charge >= 0.3 is 0 Å². The Morgan fingerprint density at radius 3 is 2.73 bits per heavy atom. The number of aliphatic hydroxyl groups excluding tert-OH is 1. The number of para-hydroxylation sites is 2. The first-order valence-corrected chi connectivity index (χ1v) is 7.32. The monoisotopic (exact) mass is 302 g/mol. The Morgan fingerprint density at radius 1 is 1.36 bits per heavy atom. The lowest BCUT2D eigenvalue weighted by molar-refractivity contribution is -0.384. The van der Waals surface area contributed by atoms with Gasteiger partial charge in [-0.25, -0.2) is 4.98 Å². The van der Waals surface area contributed by atoms with Crippen molar-refractivity contribution in [3.8, 4) is 0 Å². The van der Waals surface area contributed by atoms with Crippen molar-refractivity contribution in [2.45, 2.75) is 18.9 Å². The van der Waals surface area contributed by atoms with Crippen LogP contribution in [-0.2, 0) is 0 Å². The Morgan fingerprint density at radius 2 is 2.09 bits per heavy atom. The predicted octanol–water partition coefficient (Wildman–Crippen LogP) is 2.27. The number of hydrogen-bond donors (Lipinski definition) is 2. The Kier molecular flexibility index (Phi) is 4.06. The zero-order valence-electron chi connectivity index (χ0n) is 12.1. The second kappa shape index (κ2) is 6.15. The van der Waals surface area contributed by atoms with E-state index >= 15 is 0 Å². The molecular formula is C15H18N4O3. The van der Waals surface area contributed by atoms with Crippen molar-refractivity contribution in [1.82, 2.24) is 9.97 Å². The average Bonchev–Trinajstić information content (AvgIpc) is 3.09. The smallest absolute Gasteiger partial charge is 0.292 e. The number of nitro groups is 1. The SMILES string of the molecule is O=[N+]([O-])c1ccccc1N1CCC(C(O)c2ncc[nH]2)CC1. The summed E-state index contributed by atoms with van der Waals surface area (Å²) in [6.45, 7) is 1.38. The van der Waals surface area contributed by atoms with Crippen molar-refractivity contribution in [3.63, 3.8) is 0 Å². The predicted molar refractivity (Wildman–Crippen MR) is 81.6 cm³/mol. The van der Waals surface area contributed by atoms with E-state index in [0.29, 0.717) is 24.6 Å². The molecule has 0 saturated carbocycles. The van der Waals surface area contributed by atoms with Crippen LogP contribution in [0.4, 0.5) is 11.4 Å². The van der Waals surface area contributed by atoms with Gasteiger partial charge in [0.15, 0.2) is 0 Å². The van der Waals surface area contributed by atoms with Crippen LogP contribution in [0.2, 0.25) is 0 Å². The van der Waals surface area contributed by atoms with E-state index in [9.17, 15) is 15.2 Å². The lowest BCUT2D eigenvalue weighted by Crippen LogP contribution is -2.36. The highest BCUT2D eigenvalue weighted by Gasteiger charge is 2.29. The minimum absolute atomic E-state index is 0.116. The number of aromatic amines is 1. The molecule has 1 fully saturated rings. The Bertz CT molecular complexity index is 636. The number of piperidine rings is 1. The lowest BCUT2D eigenvalue weighted by atomic mass is 9.90. The van der Waals surface area contributed by atoms with Crippen molar-refractivity contribution >= 4 is 11.4 Å². The molecule has 0 spiro atoms. The van der Waals surface area contributed by atoms with E-state index in [1.165, 1.54) is 6.07 Å². The molecule has 22 heavy (non-hydrogen) atoms. The van der Waals surface area contributed by atoms with Crippen molar-refractivity contribution in [2.24, 2.45) is 5.92 Å². The third-order valence-corrected chi connectivity index (χ3v) is 4.20. The summed E-state index contributed by atoms with van der Waals surface area (Å²) in [6.07, 6.45) is 4.26. The third-order valence-electron chi connectivity index (χ3n) is 4.20. The highest BCUT2D eigenvalue weighted by Crippen LogP contribution is 2.34. The van der Waals surface area contributed by atoms with Crippen molar-refractivity contribution in [3.05, 3.63) is 52.6 Å². The Labute approximate surface area is 127 Å². The summed E-state index contributed by atoms with van der Waals surface area (Å²) in [4.78, 5) is 19.8. The molecule has 0 amide bonds. The van der Waals surface area contributed by atoms with Gasteiger partial charge < -0.3 is 15.0 Å². The van der Waals surface area contributed by atoms with Crippen LogP contribution in [0.1, 0.15) is 24.8 Å². The van der Waals surface area contributed by atoms with Gasteiger partial charge in [0, 0.05) is 31.5 Å². The topological polar surface area (TPSA) is 95.3 Å². The number of H-pyrrole nitrogens is 1. The minimum atomic E-state index is -0.608. The number of nitrogens with zero attached hydrogens (tertiary/aromatic N) is 3. The number of anilines is 1. The van der Waals surface area contributed by atoms with Crippen LogP contribution in [-0.4, -0.2) is 33.1 Å². The molecule has 0 radical (unpaired) electrons. The first kappa shape index (κ1) is 14.5. The fourth-order valence-corrected chi connectivity index (χ4v) is 3.00. The minimum Gasteiger partial charge on any atom is -0.385 e.